The average Bonchev–Trinajstić information content (AvgIpc) is 3.07. The molecule has 128 valence electrons. The van der Waals surface area contributed by atoms with E-state index < -0.39 is 6.04 Å². The van der Waals surface area contributed by atoms with Gasteiger partial charge in [0.25, 0.3) is 0 Å². The summed E-state index contributed by atoms with van der Waals surface area (Å²) in [5.74, 6) is -0.0286. The quantitative estimate of drug-likeness (QED) is 0.745. The van der Waals surface area contributed by atoms with Gasteiger partial charge in [-0.2, -0.15) is 5.10 Å². The van der Waals surface area contributed by atoms with E-state index in [0.717, 1.165) is 5.69 Å². The van der Waals surface area contributed by atoms with E-state index in [1.54, 1.807) is 36.7 Å². The van der Waals surface area contributed by atoms with Crippen LogP contribution in [0.5, 0.6) is 0 Å². The average molecular weight is 338 g/mol. The third-order valence-corrected chi connectivity index (χ3v) is 3.81. The Morgan fingerprint density at radius 2 is 1.92 bits per heavy atom. The Balaban J connectivity index is 1.63. The fourth-order valence-electron chi connectivity index (χ4n) is 2.33. The molecule has 5 nitrogen and oxygen atoms in total. The molecule has 3 rings (SSSR count). The molecular formula is C19H19FN4O. The summed E-state index contributed by atoms with van der Waals surface area (Å²) in [6, 6.07) is 15.6. The van der Waals surface area contributed by atoms with Gasteiger partial charge in [0, 0.05) is 18.0 Å². The molecule has 0 aliphatic heterocycles. The van der Waals surface area contributed by atoms with Gasteiger partial charge < -0.3 is 10.6 Å². The van der Waals surface area contributed by atoms with Gasteiger partial charge >= 0.3 is 0 Å². The Kier molecular flexibility index (Phi) is 4.79. The summed E-state index contributed by atoms with van der Waals surface area (Å²) >= 11 is 0. The van der Waals surface area contributed by atoms with Crippen LogP contribution in [0.3, 0.4) is 0 Å². The van der Waals surface area contributed by atoms with E-state index >= 15 is 0 Å². The molecule has 0 aliphatic rings. The standard InChI is InChI=1S/C19H19FN4O/c1-13-8-9-15(12-17(13)20)22-19(25)14(2)21-18-10-11-24(23-18)16-6-4-3-5-7-16/h3-12,14H,1-2H3,(H,21,23)(H,22,25)/t14-/m0/s1. The monoisotopic (exact) mass is 338 g/mol. The number of nitrogens with one attached hydrogen (secondary N) is 2. The number of hydrogen-bond acceptors (Lipinski definition) is 3. The second kappa shape index (κ2) is 7.17. The molecule has 1 heterocycles. The molecule has 2 aromatic carbocycles. The van der Waals surface area contributed by atoms with Gasteiger partial charge in [-0.3, -0.25) is 4.79 Å². The minimum absolute atomic E-state index is 0.266. The molecule has 0 radical (unpaired) electrons. The molecule has 1 aromatic heterocycles. The van der Waals surface area contributed by atoms with Crippen LogP contribution in [0, 0.1) is 12.7 Å². The Labute approximate surface area is 145 Å². The van der Waals surface area contributed by atoms with Crippen molar-refractivity contribution < 1.29 is 9.18 Å². The summed E-state index contributed by atoms with van der Waals surface area (Å²) in [5.41, 5.74) is 1.90. The Hall–Kier alpha value is -3.15. The number of amides is 1. The van der Waals surface area contributed by atoms with Crippen molar-refractivity contribution in [2.45, 2.75) is 19.9 Å². The molecule has 0 saturated heterocycles. The van der Waals surface area contributed by atoms with Gasteiger partial charge in [0.1, 0.15) is 17.7 Å². The van der Waals surface area contributed by atoms with Crippen LogP contribution in [0.25, 0.3) is 5.69 Å². The summed E-state index contributed by atoms with van der Waals surface area (Å²) in [7, 11) is 0. The lowest BCUT2D eigenvalue weighted by atomic mass is 10.2. The number of carbonyl (C=O) groups is 1. The lowest BCUT2D eigenvalue weighted by Gasteiger charge is -2.14. The van der Waals surface area contributed by atoms with E-state index in [1.165, 1.54) is 6.07 Å². The van der Waals surface area contributed by atoms with E-state index in [1.807, 2.05) is 36.5 Å². The van der Waals surface area contributed by atoms with Crippen molar-refractivity contribution in [3.05, 3.63) is 72.2 Å². The van der Waals surface area contributed by atoms with E-state index in [4.69, 9.17) is 0 Å². The number of anilines is 2. The summed E-state index contributed by atoms with van der Waals surface area (Å²) in [6.45, 7) is 3.40. The topological polar surface area (TPSA) is 59.0 Å². The highest BCUT2D eigenvalue weighted by molar-refractivity contribution is 5.96. The fraction of sp³-hybridized carbons (Fsp3) is 0.158. The predicted molar refractivity (Wildman–Crippen MR) is 96.4 cm³/mol. The molecule has 1 amide bonds. The van der Waals surface area contributed by atoms with Crippen molar-refractivity contribution in [2.24, 2.45) is 0 Å². The first-order valence-electron chi connectivity index (χ1n) is 7.97. The molecule has 2 N–H and O–H groups in total. The van der Waals surface area contributed by atoms with Crippen LogP contribution in [-0.4, -0.2) is 21.7 Å². The number of carbonyl (C=O) groups excluding carboxylic acids is 1. The number of rotatable bonds is 5. The van der Waals surface area contributed by atoms with E-state index in [9.17, 15) is 9.18 Å². The highest BCUT2D eigenvalue weighted by atomic mass is 19.1. The van der Waals surface area contributed by atoms with E-state index in [0.29, 0.717) is 17.1 Å². The van der Waals surface area contributed by atoms with Gasteiger partial charge in [-0.1, -0.05) is 24.3 Å². The van der Waals surface area contributed by atoms with Gasteiger partial charge in [-0.05, 0) is 43.7 Å². The summed E-state index contributed by atoms with van der Waals surface area (Å²) in [6.07, 6.45) is 1.82. The molecule has 0 bridgehead atoms. The molecule has 6 heteroatoms. The number of halogens is 1. The molecule has 0 spiro atoms. The molecule has 25 heavy (non-hydrogen) atoms. The number of hydrogen-bond donors (Lipinski definition) is 2. The smallest absolute Gasteiger partial charge is 0.246 e. The van der Waals surface area contributed by atoms with Crippen molar-refractivity contribution in [3.63, 3.8) is 0 Å². The first-order chi connectivity index (χ1) is 12.0. The van der Waals surface area contributed by atoms with Crippen LogP contribution >= 0.6 is 0 Å². The van der Waals surface area contributed by atoms with Gasteiger partial charge in [-0.25, -0.2) is 9.07 Å². The largest absolute Gasteiger partial charge is 0.357 e. The molecule has 0 unspecified atom stereocenters. The van der Waals surface area contributed by atoms with E-state index in [-0.39, 0.29) is 11.7 Å². The Morgan fingerprint density at radius 1 is 1.16 bits per heavy atom. The summed E-state index contributed by atoms with van der Waals surface area (Å²) < 4.78 is 15.3. The summed E-state index contributed by atoms with van der Waals surface area (Å²) in [4.78, 5) is 12.3. The van der Waals surface area contributed by atoms with E-state index in [2.05, 4.69) is 15.7 Å². The zero-order valence-corrected chi connectivity index (χ0v) is 14.0. The molecule has 1 atom stereocenters. The molecule has 0 aliphatic carbocycles. The third kappa shape index (κ3) is 4.03. The van der Waals surface area contributed by atoms with Gasteiger partial charge in [-0.15, -0.1) is 0 Å². The number of aryl methyl sites for hydroxylation is 1. The second-order valence-electron chi connectivity index (χ2n) is 5.80. The van der Waals surface area contributed by atoms with Crippen LogP contribution in [-0.2, 0) is 4.79 Å². The predicted octanol–water partition coefficient (Wildman–Crippen LogP) is 3.76. The van der Waals surface area contributed by atoms with Crippen LogP contribution in [0.15, 0.2) is 60.8 Å². The molecule has 3 aromatic rings. The van der Waals surface area contributed by atoms with Crippen molar-refractivity contribution in [2.75, 3.05) is 10.6 Å². The third-order valence-electron chi connectivity index (χ3n) is 3.81. The normalized spacial score (nSPS) is 11.8. The second-order valence-corrected chi connectivity index (χ2v) is 5.80. The van der Waals surface area contributed by atoms with Crippen molar-refractivity contribution in [3.8, 4) is 5.69 Å². The first-order valence-corrected chi connectivity index (χ1v) is 7.97. The van der Waals surface area contributed by atoms with Crippen LogP contribution in [0.2, 0.25) is 0 Å². The zero-order valence-electron chi connectivity index (χ0n) is 14.0. The first kappa shape index (κ1) is 16.7. The van der Waals surface area contributed by atoms with Crippen LogP contribution < -0.4 is 10.6 Å². The highest BCUT2D eigenvalue weighted by Crippen LogP contribution is 2.15. The SMILES string of the molecule is Cc1ccc(NC(=O)[C@H](C)Nc2ccn(-c3ccccc3)n2)cc1F. The van der Waals surface area contributed by atoms with Gasteiger partial charge in [0.05, 0.1) is 5.69 Å². The van der Waals surface area contributed by atoms with Crippen LogP contribution in [0.1, 0.15) is 12.5 Å². The lowest BCUT2D eigenvalue weighted by molar-refractivity contribution is -0.116. The maximum absolute atomic E-state index is 13.6. The maximum Gasteiger partial charge on any atom is 0.246 e. The molecular weight excluding hydrogens is 319 g/mol. The number of para-hydroxylation sites is 1. The van der Waals surface area contributed by atoms with Crippen molar-refractivity contribution >= 4 is 17.4 Å². The van der Waals surface area contributed by atoms with Gasteiger partial charge in [0.2, 0.25) is 5.91 Å². The van der Waals surface area contributed by atoms with Crippen molar-refractivity contribution in [1.29, 1.82) is 0 Å². The lowest BCUT2D eigenvalue weighted by Crippen LogP contribution is -2.32. The minimum atomic E-state index is -0.525. The minimum Gasteiger partial charge on any atom is -0.357 e. The molecule has 0 saturated carbocycles. The van der Waals surface area contributed by atoms with Crippen LogP contribution in [0.4, 0.5) is 15.9 Å². The van der Waals surface area contributed by atoms with Crippen molar-refractivity contribution in [1.82, 2.24) is 9.78 Å². The Morgan fingerprint density at radius 3 is 2.64 bits per heavy atom. The number of aromatic nitrogens is 2. The Bertz CT molecular complexity index is 876. The summed E-state index contributed by atoms with van der Waals surface area (Å²) in [5, 5.41) is 10.1. The number of nitrogens with zero attached hydrogens (tertiary/aromatic N) is 2. The highest BCUT2D eigenvalue weighted by Gasteiger charge is 2.14. The zero-order chi connectivity index (χ0) is 17.8. The fourth-order valence-corrected chi connectivity index (χ4v) is 2.33. The maximum atomic E-state index is 13.6. The van der Waals surface area contributed by atoms with Gasteiger partial charge in [0.15, 0.2) is 0 Å². The molecule has 0 fully saturated rings. The number of benzene rings is 2.